The summed E-state index contributed by atoms with van der Waals surface area (Å²) in [6.45, 7) is 2.05. The molecule has 0 saturated carbocycles. The number of hydrazone groups is 1. The molecular formula is C21H19Cl2F5N2. The van der Waals surface area contributed by atoms with E-state index in [4.69, 9.17) is 23.2 Å². The van der Waals surface area contributed by atoms with Crippen molar-refractivity contribution >= 4 is 40.7 Å². The van der Waals surface area contributed by atoms with E-state index in [9.17, 15) is 22.0 Å². The third-order valence-electron chi connectivity index (χ3n) is 4.22. The van der Waals surface area contributed by atoms with Gasteiger partial charge in [0.15, 0.2) is 23.3 Å². The number of anilines is 1. The van der Waals surface area contributed by atoms with Crippen LogP contribution in [0.4, 0.5) is 27.6 Å². The van der Waals surface area contributed by atoms with Crippen LogP contribution in [0.25, 0.3) is 6.08 Å². The van der Waals surface area contributed by atoms with Crippen molar-refractivity contribution in [3.05, 3.63) is 69.0 Å². The lowest BCUT2D eigenvalue weighted by molar-refractivity contribution is 0.381. The number of allylic oxidation sites excluding steroid dienone is 1. The smallest absolute Gasteiger partial charge is 0.200 e. The number of nitrogens with zero attached hydrogens (tertiary/aromatic N) is 1. The Kier molecular flexibility index (Phi) is 9.11. The molecule has 1 N–H and O–H groups in total. The third-order valence-corrected chi connectivity index (χ3v) is 4.96. The molecular weight excluding hydrogens is 446 g/mol. The van der Waals surface area contributed by atoms with Gasteiger partial charge in [-0.05, 0) is 36.6 Å². The molecule has 0 amide bonds. The van der Waals surface area contributed by atoms with Crippen LogP contribution in [-0.2, 0) is 0 Å². The molecule has 0 aromatic heterocycles. The van der Waals surface area contributed by atoms with Crippen LogP contribution >= 0.6 is 23.2 Å². The first-order valence-corrected chi connectivity index (χ1v) is 9.99. The number of nitrogens with one attached hydrogen (secondary N) is 1. The molecule has 2 aromatic rings. The molecule has 2 aromatic carbocycles. The highest BCUT2D eigenvalue weighted by molar-refractivity contribution is 6.42. The number of hydrogen-bond acceptors (Lipinski definition) is 2. The number of hydrogen-bond donors (Lipinski definition) is 1. The van der Waals surface area contributed by atoms with E-state index in [0.717, 1.165) is 25.7 Å². The summed E-state index contributed by atoms with van der Waals surface area (Å²) in [6.07, 6.45) is 7.30. The predicted octanol–water partition coefficient (Wildman–Crippen LogP) is 8.14. The molecule has 2 rings (SSSR count). The van der Waals surface area contributed by atoms with E-state index in [1.165, 1.54) is 0 Å². The Morgan fingerprint density at radius 2 is 1.53 bits per heavy atom. The molecule has 0 saturated heterocycles. The summed E-state index contributed by atoms with van der Waals surface area (Å²) < 4.78 is 67.6. The quantitative estimate of drug-likeness (QED) is 0.0992. The number of rotatable bonds is 9. The maximum atomic E-state index is 13.8. The van der Waals surface area contributed by atoms with E-state index in [-0.39, 0.29) is 0 Å². The van der Waals surface area contributed by atoms with Crippen LogP contribution in [0.3, 0.4) is 0 Å². The summed E-state index contributed by atoms with van der Waals surface area (Å²) in [7, 11) is 0. The highest BCUT2D eigenvalue weighted by Gasteiger charge is 2.25. The zero-order chi connectivity index (χ0) is 22.3. The zero-order valence-corrected chi connectivity index (χ0v) is 17.5. The van der Waals surface area contributed by atoms with Gasteiger partial charge >= 0.3 is 0 Å². The minimum atomic E-state index is -2.22. The predicted molar refractivity (Wildman–Crippen MR) is 112 cm³/mol. The third kappa shape index (κ3) is 6.19. The minimum absolute atomic E-state index is 0.347. The molecule has 0 radical (unpaired) electrons. The van der Waals surface area contributed by atoms with Crippen LogP contribution in [0.5, 0.6) is 0 Å². The molecule has 0 aliphatic rings. The lowest BCUT2D eigenvalue weighted by Gasteiger charge is -2.09. The Morgan fingerprint density at radius 1 is 0.900 bits per heavy atom. The molecule has 0 fully saturated rings. The van der Waals surface area contributed by atoms with Gasteiger partial charge in [-0.15, -0.1) is 0 Å². The average Bonchev–Trinajstić information content (AvgIpc) is 2.73. The van der Waals surface area contributed by atoms with Gasteiger partial charge in [0, 0.05) is 0 Å². The maximum absolute atomic E-state index is 13.8. The van der Waals surface area contributed by atoms with E-state index < -0.39 is 34.8 Å². The van der Waals surface area contributed by atoms with Gasteiger partial charge in [0.25, 0.3) is 0 Å². The van der Waals surface area contributed by atoms with Crippen LogP contribution in [0.1, 0.15) is 44.6 Å². The molecule has 30 heavy (non-hydrogen) atoms. The van der Waals surface area contributed by atoms with Gasteiger partial charge in [0.2, 0.25) is 5.82 Å². The van der Waals surface area contributed by atoms with E-state index in [2.05, 4.69) is 5.10 Å². The lowest BCUT2D eigenvalue weighted by atomic mass is 10.1. The summed E-state index contributed by atoms with van der Waals surface area (Å²) in [4.78, 5) is 0. The first kappa shape index (κ1) is 24.2. The Labute approximate surface area is 181 Å². The largest absolute Gasteiger partial charge is 0.272 e. The molecule has 162 valence electrons. The van der Waals surface area contributed by atoms with Crippen molar-refractivity contribution < 1.29 is 22.0 Å². The second-order valence-corrected chi connectivity index (χ2v) is 7.29. The molecule has 0 heterocycles. The summed E-state index contributed by atoms with van der Waals surface area (Å²) >= 11 is 11.8. The molecule has 0 spiro atoms. The second-order valence-electron chi connectivity index (χ2n) is 6.48. The molecule has 0 atom stereocenters. The van der Waals surface area contributed by atoms with Crippen molar-refractivity contribution in [2.45, 2.75) is 39.0 Å². The van der Waals surface area contributed by atoms with Crippen LogP contribution in [0, 0.1) is 29.1 Å². The van der Waals surface area contributed by atoms with E-state index in [1.54, 1.807) is 30.4 Å². The summed E-state index contributed by atoms with van der Waals surface area (Å²) in [5.74, 6) is -10.3. The van der Waals surface area contributed by atoms with Crippen LogP contribution in [-0.4, -0.2) is 5.71 Å². The highest BCUT2D eigenvalue weighted by Crippen LogP contribution is 2.27. The fourth-order valence-electron chi connectivity index (χ4n) is 2.55. The van der Waals surface area contributed by atoms with Gasteiger partial charge in [-0.2, -0.15) is 5.10 Å². The lowest BCUT2D eigenvalue weighted by Crippen LogP contribution is -2.08. The monoisotopic (exact) mass is 464 g/mol. The summed E-state index contributed by atoms with van der Waals surface area (Å²) in [5.41, 5.74) is 1.83. The van der Waals surface area contributed by atoms with Crippen molar-refractivity contribution in [3.63, 3.8) is 0 Å². The van der Waals surface area contributed by atoms with Gasteiger partial charge in [-0.3, -0.25) is 5.43 Å². The van der Waals surface area contributed by atoms with Gasteiger partial charge in [0.05, 0.1) is 15.8 Å². The standard InChI is InChI=1S/C21H19Cl2F5N2/c1-2-3-4-5-6-13(9-7-12-8-10-14(22)15(23)11-12)29-30-21-19(27)17(25)16(24)18(26)20(21)28/h7-11,30H,2-6H2,1H3/b9-7-,29-13+. The van der Waals surface area contributed by atoms with Crippen molar-refractivity contribution in [1.82, 2.24) is 0 Å². The van der Waals surface area contributed by atoms with E-state index >= 15 is 0 Å². The van der Waals surface area contributed by atoms with Gasteiger partial charge in [-0.25, -0.2) is 22.0 Å². The van der Waals surface area contributed by atoms with E-state index in [0.29, 0.717) is 27.7 Å². The molecule has 0 aliphatic heterocycles. The van der Waals surface area contributed by atoms with E-state index in [1.807, 2.05) is 12.3 Å². The van der Waals surface area contributed by atoms with Crippen molar-refractivity contribution in [3.8, 4) is 0 Å². The van der Waals surface area contributed by atoms with Crippen LogP contribution in [0.15, 0.2) is 29.4 Å². The Morgan fingerprint density at radius 3 is 2.13 bits per heavy atom. The van der Waals surface area contributed by atoms with Crippen molar-refractivity contribution in [2.75, 3.05) is 5.43 Å². The number of benzene rings is 2. The normalized spacial score (nSPS) is 12.1. The highest BCUT2D eigenvalue weighted by atomic mass is 35.5. The van der Waals surface area contributed by atoms with Crippen molar-refractivity contribution in [2.24, 2.45) is 5.10 Å². The first-order valence-electron chi connectivity index (χ1n) is 9.23. The molecule has 2 nitrogen and oxygen atoms in total. The Bertz CT molecular complexity index is 932. The Hall–Kier alpha value is -2.12. The van der Waals surface area contributed by atoms with Gasteiger partial charge in [-0.1, -0.05) is 61.5 Å². The Balaban J connectivity index is 2.29. The molecule has 0 aliphatic carbocycles. The second kappa shape index (κ2) is 11.3. The van der Waals surface area contributed by atoms with Crippen LogP contribution < -0.4 is 5.43 Å². The van der Waals surface area contributed by atoms with Gasteiger partial charge in [0.1, 0.15) is 5.69 Å². The topological polar surface area (TPSA) is 24.4 Å². The number of unbranched alkanes of at least 4 members (excludes halogenated alkanes) is 3. The fraction of sp³-hybridized carbons (Fsp3) is 0.286. The summed E-state index contributed by atoms with van der Waals surface area (Å²) in [6, 6.07) is 4.93. The molecule has 0 unspecified atom stereocenters. The first-order chi connectivity index (χ1) is 14.3. The van der Waals surface area contributed by atoms with Crippen molar-refractivity contribution in [1.29, 1.82) is 0 Å². The molecule has 0 bridgehead atoms. The summed E-state index contributed by atoms with van der Waals surface area (Å²) in [5, 5.41) is 4.60. The van der Waals surface area contributed by atoms with Crippen LogP contribution in [0.2, 0.25) is 10.0 Å². The average molecular weight is 465 g/mol. The molecule has 9 heteroatoms. The zero-order valence-electron chi connectivity index (χ0n) is 16.0. The van der Waals surface area contributed by atoms with Gasteiger partial charge < -0.3 is 0 Å². The minimum Gasteiger partial charge on any atom is -0.272 e. The maximum Gasteiger partial charge on any atom is 0.200 e. The SMILES string of the molecule is CCCCCCC(/C=C\c1ccc(Cl)c(Cl)c1)=N\Nc1c(F)c(F)c(F)c(F)c1F. The fourth-order valence-corrected chi connectivity index (χ4v) is 2.86. The number of halogens is 7.